The minimum absolute atomic E-state index is 0.0624. The van der Waals surface area contributed by atoms with Crippen LogP contribution < -0.4 is 10.1 Å². The van der Waals surface area contributed by atoms with Crippen LogP contribution in [0.5, 0.6) is 5.88 Å². The van der Waals surface area contributed by atoms with Crippen molar-refractivity contribution in [3.8, 4) is 5.88 Å². The number of amides is 1. The summed E-state index contributed by atoms with van der Waals surface area (Å²) in [6, 6.07) is 11.0. The van der Waals surface area contributed by atoms with Crippen LogP contribution in [-0.4, -0.2) is 17.5 Å². The molecule has 1 N–H and O–H groups in total. The van der Waals surface area contributed by atoms with Crippen LogP contribution >= 0.6 is 11.6 Å². The van der Waals surface area contributed by atoms with E-state index in [1.54, 1.807) is 18.3 Å². The standard InChI is InChI=1S/C17H19ClN2O2/c1-2-9-22-17-14(6-4-8-19-17)12-20-16(21)11-13-5-3-7-15(18)10-13/h3-8,10H,2,9,11-12H2,1H3,(H,20,21). The summed E-state index contributed by atoms with van der Waals surface area (Å²) in [4.78, 5) is 16.2. The van der Waals surface area contributed by atoms with E-state index in [4.69, 9.17) is 16.3 Å². The molecular weight excluding hydrogens is 300 g/mol. The molecule has 0 fully saturated rings. The zero-order chi connectivity index (χ0) is 15.8. The van der Waals surface area contributed by atoms with E-state index in [1.807, 2.05) is 31.2 Å². The molecule has 0 radical (unpaired) electrons. The Morgan fingerprint density at radius 2 is 2.18 bits per heavy atom. The Labute approximate surface area is 135 Å². The van der Waals surface area contributed by atoms with Crippen molar-refractivity contribution in [1.82, 2.24) is 10.3 Å². The van der Waals surface area contributed by atoms with Crippen molar-refractivity contribution in [1.29, 1.82) is 0 Å². The summed E-state index contributed by atoms with van der Waals surface area (Å²) >= 11 is 5.91. The lowest BCUT2D eigenvalue weighted by molar-refractivity contribution is -0.120. The molecule has 22 heavy (non-hydrogen) atoms. The topological polar surface area (TPSA) is 51.2 Å². The predicted octanol–water partition coefficient (Wildman–Crippen LogP) is 3.38. The van der Waals surface area contributed by atoms with Crippen LogP contribution in [0.25, 0.3) is 0 Å². The summed E-state index contributed by atoms with van der Waals surface area (Å²) in [5, 5.41) is 3.51. The van der Waals surface area contributed by atoms with Gasteiger partial charge >= 0.3 is 0 Å². The molecule has 5 heteroatoms. The summed E-state index contributed by atoms with van der Waals surface area (Å²) in [5.74, 6) is 0.514. The number of halogens is 1. The van der Waals surface area contributed by atoms with Crippen molar-refractivity contribution in [3.63, 3.8) is 0 Å². The number of hydrogen-bond donors (Lipinski definition) is 1. The number of nitrogens with zero attached hydrogens (tertiary/aromatic N) is 1. The van der Waals surface area contributed by atoms with Gasteiger partial charge in [-0.3, -0.25) is 4.79 Å². The average molecular weight is 319 g/mol. The fourth-order valence-electron chi connectivity index (χ4n) is 1.98. The maximum absolute atomic E-state index is 12.0. The summed E-state index contributed by atoms with van der Waals surface area (Å²) in [7, 11) is 0. The van der Waals surface area contributed by atoms with E-state index >= 15 is 0 Å². The Kier molecular flexibility index (Phi) is 6.22. The van der Waals surface area contributed by atoms with Crippen LogP contribution in [0.3, 0.4) is 0 Å². The highest BCUT2D eigenvalue weighted by atomic mass is 35.5. The van der Waals surface area contributed by atoms with Gasteiger partial charge in [0.1, 0.15) is 0 Å². The zero-order valence-electron chi connectivity index (χ0n) is 12.5. The molecule has 1 aromatic heterocycles. The first-order valence-electron chi connectivity index (χ1n) is 7.27. The molecule has 0 atom stereocenters. The lowest BCUT2D eigenvalue weighted by Gasteiger charge is -2.10. The third-order valence-corrected chi connectivity index (χ3v) is 3.26. The number of rotatable bonds is 7. The molecule has 0 aliphatic rings. The van der Waals surface area contributed by atoms with E-state index in [2.05, 4.69) is 10.3 Å². The molecule has 0 aliphatic heterocycles. The average Bonchev–Trinajstić information content (AvgIpc) is 2.51. The van der Waals surface area contributed by atoms with Crippen LogP contribution in [0, 0.1) is 0 Å². The van der Waals surface area contributed by atoms with Crippen LogP contribution in [-0.2, 0) is 17.8 Å². The van der Waals surface area contributed by atoms with Gasteiger partial charge in [0.2, 0.25) is 11.8 Å². The van der Waals surface area contributed by atoms with Gasteiger partial charge in [0.15, 0.2) is 0 Å². The monoisotopic (exact) mass is 318 g/mol. The second-order valence-corrected chi connectivity index (χ2v) is 5.34. The quantitative estimate of drug-likeness (QED) is 0.851. The largest absolute Gasteiger partial charge is 0.477 e. The lowest BCUT2D eigenvalue weighted by atomic mass is 10.1. The van der Waals surface area contributed by atoms with Crippen molar-refractivity contribution in [2.45, 2.75) is 26.3 Å². The van der Waals surface area contributed by atoms with Crippen molar-refractivity contribution < 1.29 is 9.53 Å². The Bertz CT molecular complexity index is 632. The normalized spacial score (nSPS) is 10.3. The molecule has 0 saturated heterocycles. The second kappa shape index (κ2) is 8.39. The van der Waals surface area contributed by atoms with Crippen molar-refractivity contribution in [3.05, 3.63) is 58.7 Å². The van der Waals surface area contributed by atoms with Gasteiger partial charge in [-0.15, -0.1) is 0 Å². The van der Waals surface area contributed by atoms with Gasteiger partial charge in [-0.05, 0) is 30.2 Å². The number of nitrogens with one attached hydrogen (secondary N) is 1. The Hall–Kier alpha value is -2.07. The molecule has 0 unspecified atom stereocenters. The zero-order valence-corrected chi connectivity index (χ0v) is 13.3. The molecular formula is C17H19ClN2O2. The number of aromatic nitrogens is 1. The van der Waals surface area contributed by atoms with Crippen LogP contribution in [0.2, 0.25) is 5.02 Å². The van der Waals surface area contributed by atoms with E-state index < -0.39 is 0 Å². The maximum atomic E-state index is 12.0. The number of pyridine rings is 1. The van der Waals surface area contributed by atoms with Gasteiger partial charge in [-0.2, -0.15) is 0 Å². The molecule has 116 valence electrons. The maximum Gasteiger partial charge on any atom is 0.224 e. The van der Waals surface area contributed by atoms with E-state index in [1.165, 1.54) is 0 Å². The summed E-state index contributed by atoms with van der Waals surface area (Å²) in [6.45, 7) is 3.04. The summed E-state index contributed by atoms with van der Waals surface area (Å²) < 4.78 is 5.57. The Morgan fingerprint density at radius 1 is 1.32 bits per heavy atom. The number of benzene rings is 1. The molecule has 1 amide bonds. The number of ether oxygens (including phenoxy) is 1. The minimum Gasteiger partial charge on any atom is -0.477 e. The molecule has 2 rings (SSSR count). The van der Waals surface area contributed by atoms with Crippen molar-refractivity contribution in [2.75, 3.05) is 6.61 Å². The second-order valence-electron chi connectivity index (χ2n) is 4.90. The molecule has 0 saturated carbocycles. The molecule has 1 heterocycles. The van der Waals surface area contributed by atoms with Crippen molar-refractivity contribution >= 4 is 17.5 Å². The molecule has 2 aromatic rings. The highest BCUT2D eigenvalue weighted by Gasteiger charge is 2.08. The molecule has 0 spiro atoms. The molecule has 1 aromatic carbocycles. The number of hydrogen-bond acceptors (Lipinski definition) is 3. The first-order chi connectivity index (χ1) is 10.7. The van der Waals surface area contributed by atoms with Crippen LogP contribution in [0.1, 0.15) is 24.5 Å². The van der Waals surface area contributed by atoms with Gasteiger partial charge in [-0.25, -0.2) is 4.98 Å². The van der Waals surface area contributed by atoms with Gasteiger partial charge in [-0.1, -0.05) is 36.7 Å². The summed E-state index contributed by atoms with van der Waals surface area (Å²) in [5.41, 5.74) is 1.76. The van der Waals surface area contributed by atoms with E-state index in [0.717, 1.165) is 17.5 Å². The van der Waals surface area contributed by atoms with Gasteiger partial charge in [0.05, 0.1) is 13.0 Å². The molecule has 0 bridgehead atoms. The van der Waals surface area contributed by atoms with E-state index in [-0.39, 0.29) is 5.91 Å². The van der Waals surface area contributed by atoms with Crippen LogP contribution in [0.4, 0.5) is 0 Å². The Morgan fingerprint density at radius 3 is 2.95 bits per heavy atom. The minimum atomic E-state index is -0.0624. The highest BCUT2D eigenvalue weighted by Crippen LogP contribution is 2.15. The van der Waals surface area contributed by atoms with Gasteiger partial charge < -0.3 is 10.1 Å². The number of carbonyl (C=O) groups excluding carboxylic acids is 1. The summed E-state index contributed by atoms with van der Waals surface area (Å²) in [6.07, 6.45) is 2.89. The third-order valence-electron chi connectivity index (χ3n) is 3.02. The fraction of sp³-hybridized carbons (Fsp3) is 0.294. The van der Waals surface area contributed by atoms with Gasteiger partial charge in [0.25, 0.3) is 0 Å². The predicted molar refractivity (Wildman–Crippen MR) is 87.0 cm³/mol. The first kappa shape index (κ1) is 16.3. The number of carbonyl (C=O) groups is 1. The van der Waals surface area contributed by atoms with Crippen molar-refractivity contribution in [2.24, 2.45) is 0 Å². The lowest BCUT2D eigenvalue weighted by Crippen LogP contribution is -2.25. The first-order valence-corrected chi connectivity index (χ1v) is 7.64. The third kappa shape index (κ3) is 5.04. The van der Waals surface area contributed by atoms with Crippen LogP contribution in [0.15, 0.2) is 42.6 Å². The SMILES string of the molecule is CCCOc1ncccc1CNC(=O)Cc1cccc(Cl)c1. The van der Waals surface area contributed by atoms with E-state index in [9.17, 15) is 4.79 Å². The Balaban J connectivity index is 1.91. The fourth-order valence-corrected chi connectivity index (χ4v) is 2.19. The van der Waals surface area contributed by atoms with Gasteiger partial charge in [0, 0.05) is 23.3 Å². The van der Waals surface area contributed by atoms with E-state index in [0.29, 0.717) is 30.5 Å². The molecule has 0 aliphatic carbocycles. The molecule has 4 nitrogen and oxygen atoms in total. The highest BCUT2D eigenvalue weighted by molar-refractivity contribution is 6.30. The smallest absolute Gasteiger partial charge is 0.224 e.